The predicted octanol–water partition coefficient (Wildman–Crippen LogP) is 2.24. The van der Waals surface area contributed by atoms with Gasteiger partial charge in [0.15, 0.2) is 0 Å². The summed E-state index contributed by atoms with van der Waals surface area (Å²) < 4.78 is 14.3. The highest BCUT2D eigenvalue weighted by Crippen LogP contribution is 2.26. The number of carbonyl (C=O) groups is 1. The van der Waals surface area contributed by atoms with E-state index in [9.17, 15) is 14.3 Å². The second kappa shape index (κ2) is 6.15. The summed E-state index contributed by atoms with van der Waals surface area (Å²) in [6.07, 6.45) is 0. The SMILES string of the molecule is O=C(c1ccc(-c2cccc(O)c2)c(F)c1)N1CCNCC1. The number of rotatable bonds is 2. The van der Waals surface area contributed by atoms with Crippen molar-refractivity contribution in [3.05, 3.63) is 53.8 Å². The lowest BCUT2D eigenvalue weighted by atomic mass is 10.0. The van der Waals surface area contributed by atoms with Crippen LogP contribution in [0.4, 0.5) is 4.39 Å². The maximum absolute atomic E-state index is 14.3. The maximum Gasteiger partial charge on any atom is 0.254 e. The molecule has 0 saturated carbocycles. The van der Waals surface area contributed by atoms with Gasteiger partial charge < -0.3 is 15.3 Å². The maximum atomic E-state index is 14.3. The quantitative estimate of drug-likeness (QED) is 0.894. The molecule has 0 bridgehead atoms. The molecular weight excluding hydrogens is 283 g/mol. The molecule has 2 aromatic rings. The smallest absolute Gasteiger partial charge is 0.254 e. The van der Waals surface area contributed by atoms with Crippen LogP contribution in [0.2, 0.25) is 0 Å². The van der Waals surface area contributed by atoms with E-state index in [-0.39, 0.29) is 11.7 Å². The minimum Gasteiger partial charge on any atom is -0.508 e. The van der Waals surface area contributed by atoms with Crippen molar-refractivity contribution in [1.29, 1.82) is 0 Å². The Kier molecular flexibility index (Phi) is 4.06. The second-order valence-corrected chi connectivity index (χ2v) is 5.29. The lowest BCUT2D eigenvalue weighted by Gasteiger charge is -2.27. The molecule has 0 aromatic heterocycles. The first-order chi connectivity index (χ1) is 10.6. The molecule has 5 heteroatoms. The third-order valence-corrected chi connectivity index (χ3v) is 3.78. The zero-order valence-electron chi connectivity index (χ0n) is 12.1. The number of nitrogens with zero attached hydrogens (tertiary/aromatic N) is 1. The molecule has 1 amide bonds. The lowest BCUT2D eigenvalue weighted by Crippen LogP contribution is -2.46. The molecule has 2 aromatic carbocycles. The van der Waals surface area contributed by atoms with Crippen molar-refractivity contribution < 1.29 is 14.3 Å². The van der Waals surface area contributed by atoms with E-state index in [2.05, 4.69) is 5.32 Å². The summed E-state index contributed by atoms with van der Waals surface area (Å²) >= 11 is 0. The third-order valence-electron chi connectivity index (χ3n) is 3.78. The number of amides is 1. The van der Waals surface area contributed by atoms with E-state index in [0.29, 0.717) is 29.8 Å². The van der Waals surface area contributed by atoms with E-state index < -0.39 is 5.82 Å². The van der Waals surface area contributed by atoms with E-state index >= 15 is 0 Å². The molecule has 1 saturated heterocycles. The molecule has 1 fully saturated rings. The second-order valence-electron chi connectivity index (χ2n) is 5.29. The standard InChI is InChI=1S/C17H17FN2O2/c18-16-11-13(17(22)20-8-6-19-7-9-20)4-5-15(16)12-2-1-3-14(21)10-12/h1-5,10-11,19,21H,6-9H2. The van der Waals surface area contributed by atoms with Gasteiger partial charge in [0.05, 0.1) is 0 Å². The Morgan fingerprint density at radius 3 is 2.59 bits per heavy atom. The Bertz CT molecular complexity index is 697. The molecule has 3 rings (SSSR count). The molecule has 1 aliphatic rings. The molecule has 0 radical (unpaired) electrons. The van der Waals surface area contributed by atoms with Crippen LogP contribution in [0.15, 0.2) is 42.5 Å². The van der Waals surface area contributed by atoms with Gasteiger partial charge in [0.1, 0.15) is 11.6 Å². The number of piperazine rings is 1. The molecule has 0 aliphatic carbocycles. The Hall–Kier alpha value is -2.40. The van der Waals surface area contributed by atoms with Crippen LogP contribution >= 0.6 is 0 Å². The Morgan fingerprint density at radius 2 is 1.91 bits per heavy atom. The van der Waals surface area contributed by atoms with Gasteiger partial charge in [-0.3, -0.25) is 4.79 Å². The van der Waals surface area contributed by atoms with Crippen LogP contribution < -0.4 is 5.32 Å². The summed E-state index contributed by atoms with van der Waals surface area (Å²) in [5.41, 5.74) is 1.30. The van der Waals surface area contributed by atoms with Gasteiger partial charge in [-0.05, 0) is 29.8 Å². The van der Waals surface area contributed by atoms with Crippen LogP contribution in [0.1, 0.15) is 10.4 Å². The highest BCUT2D eigenvalue weighted by molar-refractivity contribution is 5.95. The number of halogens is 1. The fourth-order valence-electron chi connectivity index (χ4n) is 2.61. The van der Waals surface area contributed by atoms with Crippen molar-refractivity contribution in [2.24, 2.45) is 0 Å². The van der Waals surface area contributed by atoms with Crippen LogP contribution in [0.25, 0.3) is 11.1 Å². The van der Waals surface area contributed by atoms with Gasteiger partial charge in [-0.25, -0.2) is 4.39 Å². The fraction of sp³-hybridized carbons (Fsp3) is 0.235. The van der Waals surface area contributed by atoms with Crippen molar-refractivity contribution in [2.45, 2.75) is 0 Å². The van der Waals surface area contributed by atoms with Crippen LogP contribution in [0, 0.1) is 5.82 Å². The summed E-state index contributed by atoms with van der Waals surface area (Å²) in [4.78, 5) is 14.1. The highest BCUT2D eigenvalue weighted by Gasteiger charge is 2.19. The number of aromatic hydroxyl groups is 1. The van der Waals surface area contributed by atoms with Gasteiger partial charge in [0.2, 0.25) is 0 Å². The van der Waals surface area contributed by atoms with Crippen molar-refractivity contribution in [1.82, 2.24) is 10.2 Å². The average molecular weight is 300 g/mol. The van der Waals surface area contributed by atoms with Gasteiger partial charge >= 0.3 is 0 Å². The van der Waals surface area contributed by atoms with Crippen molar-refractivity contribution in [3.8, 4) is 16.9 Å². The minimum absolute atomic E-state index is 0.0814. The Labute approximate surface area is 128 Å². The number of hydrogen-bond donors (Lipinski definition) is 2. The zero-order valence-corrected chi connectivity index (χ0v) is 12.1. The van der Waals surface area contributed by atoms with Crippen molar-refractivity contribution in [3.63, 3.8) is 0 Å². The van der Waals surface area contributed by atoms with Gasteiger partial charge in [-0.2, -0.15) is 0 Å². The zero-order chi connectivity index (χ0) is 15.5. The molecular formula is C17H17FN2O2. The third kappa shape index (κ3) is 2.94. The number of nitrogens with one attached hydrogen (secondary N) is 1. The van der Waals surface area contributed by atoms with E-state index in [1.807, 2.05) is 0 Å². The van der Waals surface area contributed by atoms with Gasteiger partial charge in [0.25, 0.3) is 5.91 Å². The molecule has 1 heterocycles. The summed E-state index contributed by atoms with van der Waals surface area (Å²) in [7, 11) is 0. The van der Waals surface area contributed by atoms with E-state index in [1.165, 1.54) is 18.2 Å². The predicted molar refractivity (Wildman–Crippen MR) is 82.3 cm³/mol. The van der Waals surface area contributed by atoms with E-state index in [4.69, 9.17) is 0 Å². The highest BCUT2D eigenvalue weighted by atomic mass is 19.1. The van der Waals surface area contributed by atoms with Gasteiger partial charge in [-0.15, -0.1) is 0 Å². The number of hydrogen-bond acceptors (Lipinski definition) is 3. The van der Waals surface area contributed by atoms with Crippen LogP contribution in [-0.2, 0) is 0 Å². The average Bonchev–Trinajstić information content (AvgIpc) is 2.55. The first-order valence-electron chi connectivity index (χ1n) is 7.24. The lowest BCUT2D eigenvalue weighted by molar-refractivity contribution is 0.0735. The monoisotopic (exact) mass is 300 g/mol. The first kappa shape index (κ1) is 14.5. The largest absolute Gasteiger partial charge is 0.508 e. The number of phenols is 1. The van der Waals surface area contributed by atoms with Crippen molar-refractivity contribution >= 4 is 5.91 Å². The Morgan fingerprint density at radius 1 is 1.14 bits per heavy atom. The van der Waals surface area contributed by atoms with Gasteiger partial charge in [0, 0.05) is 37.3 Å². The molecule has 114 valence electrons. The van der Waals surface area contributed by atoms with E-state index in [1.54, 1.807) is 29.2 Å². The van der Waals surface area contributed by atoms with Gasteiger partial charge in [-0.1, -0.05) is 18.2 Å². The minimum atomic E-state index is -0.466. The number of carbonyl (C=O) groups excluding carboxylic acids is 1. The van der Waals surface area contributed by atoms with Crippen LogP contribution in [-0.4, -0.2) is 42.1 Å². The molecule has 0 unspecified atom stereocenters. The Balaban J connectivity index is 1.87. The molecule has 1 aliphatic heterocycles. The number of phenolic OH excluding ortho intramolecular Hbond substituents is 1. The summed E-state index contributed by atoms with van der Waals surface area (Å²) in [5, 5.41) is 12.7. The molecule has 22 heavy (non-hydrogen) atoms. The molecule has 2 N–H and O–H groups in total. The van der Waals surface area contributed by atoms with Crippen LogP contribution in [0.5, 0.6) is 5.75 Å². The summed E-state index contributed by atoms with van der Waals surface area (Å²) in [6, 6.07) is 10.9. The topological polar surface area (TPSA) is 52.6 Å². The molecule has 4 nitrogen and oxygen atoms in total. The summed E-state index contributed by atoms with van der Waals surface area (Å²) in [6.45, 7) is 2.79. The fourth-order valence-corrected chi connectivity index (χ4v) is 2.61. The first-order valence-corrected chi connectivity index (χ1v) is 7.24. The van der Waals surface area contributed by atoms with Crippen LogP contribution in [0.3, 0.4) is 0 Å². The van der Waals surface area contributed by atoms with E-state index in [0.717, 1.165) is 13.1 Å². The van der Waals surface area contributed by atoms with Crippen molar-refractivity contribution in [2.75, 3.05) is 26.2 Å². The number of benzene rings is 2. The normalized spacial score (nSPS) is 14.9. The molecule has 0 atom stereocenters. The molecule has 0 spiro atoms. The summed E-state index contributed by atoms with van der Waals surface area (Å²) in [5.74, 6) is -0.535.